The summed E-state index contributed by atoms with van der Waals surface area (Å²) in [6, 6.07) is 16.1. The predicted molar refractivity (Wildman–Crippen MR) is 101 cm³/mol. The normalized spacial score (nSPS) is 16.1. The van der Waals surface area contributed by atoms with Crippen molar-refractivity contribution < 1.29 is 4.74 Å². The molecule has 0 aliphatic heterocycles. The molecule has 1 fully saturated rings. The topological polar surface area (TPSA) is 26.1 Å². The second kappa shape index (κ2) is 7.96. The molecule has 24 heavy (non-hydrogen) atoms. The van der Waals surface area contributed by atoms with Crippen LogP contribution in [0.2, 0.25) is 0 Å². The Kier molecular flexibility index (Phi) is 5.47. The van der Waals surface area contributed by atoms with E-state index in [2.05, 4.69) is 18.7 Å². The maximum Gasteiger partial charge on any atom is 0.216 e. The van der Waals surface area contributed by atoms with Crippen LogP contribution in [-0.4, -0.2) is 11.0 Å². The SMILES string of the molecule is C=CCc1ccccc1C=[N+]([O-])c1ccc(C2CCCCC2)cc1. The van der Waals surface area contributed by atoms with Gasteiger partial charge in [-0.1, -0.05) is 55.7 Å². The Balaban J connectivity index is 1.79. The number of hydrogen-bond acceptors (Lipinski definition) is 1. The summed E-state index contributed by atoms with van der Waals surface area (Å²) in [4.78, 5) is 0. The van der Waals surface area contributed by atoms with Gasteiger partial charge in [-0.25, -0.2) is 0 Å². The van der Waals surface area contributed by atoms with Gasteiger partial charge in [-0.3, -0.25) is 0 Å². The zero-order valence-corrected chi connectivity index (χ0v) is 14.2. The summed E-state index contributed by atoms with van der Waals surface area (Å²) in [5.41, 5.74) is 4.12. The number of rotatable bonds is 5. The van der Waals surface area contributed by atoms with E-state index >= 15 is 0 Å². The highest BCUT2D eigenvalue weighted by Gasteiger charge is 2.16. The summed E-state index contributed by atoms with van der Waals surface area (Å²) in [6.45, 7) is 3.78. The van der Waals surface area contributed by atoms with Crippen molar-refractivity contribution in [3.05, 3.63) is 83.1 Å². The summed E-state index contributed by atoms with van der Waals surface area (Å²) < 4.78 is 0.965. The Hall–Kier alpha value is -2.35. The summed E-state index contributed by atoms with van der Waals surface area (Å²) in [5, 5.41) is 12.5. The fourth-order valence-corrected chi connectivity index (χ4v) is 3.53. The van der Waals surface area contributed by atoms with Crippen LogP contribution in [0.5, 0.6) is 0 Å². The predicted octanol–water partition coefficient (Wildman–Crippen LogP) is 5.72. The standard InChI is InChI=1S/C22H25NO/c1-2-8-18-11-6-7-12-21(18)17-23(24)22-15-13-20(14-16-22)19-9-4-3-5-10-19/h2,6-7,11-17,19H,1,3-5,8-10H2. The second-order valence-electron chi connectivity index (χ2n) is 6.57. The van der Waals surface area contributed by atoms with Crippen molar-refractivity contribution in [2.75, 3.05) is 0 Å². The number of allylic oxidation sites excluding steroid dienone is 1. The van der Waals surface area contributed by atoms with Gasteiger partial charge in [0.05, 0.1) is 0 Å². The molecule has 124 valence electrons. The van der Waals surface area contributed by atoms with E-state index in [4.69, 9.17) is 0 Å². The smallest absolute Gasteiger partial charge is 0.216 e. The highest BCUT2D eigenvalue weighted by molar-refractivity contribution is 5.79. The molecule has 1 aliphatic rings. The molecule has 0 bridgehead atoms. The van der Waals surface area contributed by atoms with Gasteiger partial charge in [0.25, 0.3) is 0 Å². The van der Waals surface area contributed by atoms with Gasteiger partial charge in [0.2, 0.25) is 5.69 Å². The van der Waals surface area contributed by atoms with E-state index in [-0.39, 0.29) is 0 Å². The quantitative estimate of drug-likeness (QED) is 0.227. The third-order valence-electron chi connectivity index (χ3n) is 4.90. The third kappa shape index (κ3) is 3.94. The lowest BCUT2D eigenvalue weighted by Gasteiger charge is -2.21. The summed E-state index contributed by atoms with van der Waals surface area (Å²) in [5.74, 6) is 0.671. The average molecular weight is 319 g/mol. The van der Waals surface area contributed by atoms with Gasteiger partial charge in [0.1, 0.15) is 0 Å². The zero-order chi connectivity index (χ0) is 16.8. The summed E-state index contributed by atoms with van der Waals surface area (Å²) >= 11 is 0. The van der Waals surface area contributed by atoms with Crippen molar-refractivity contribution in [3.8, 4) is 0 Å². The van der Waals surface area contributed by atoms with Crippen LogP contribution in [0.25, 0.3) is 0 Å². The maximum atomic E-state index is 12.5. The Morgan fingerprint density at radius 3 is 2.42 bits per heavy atom. The van der Waals surface area contributed by atoms with Crippen LogP contribution in [0.1, 0.15) is 54.7 Å². The average Bonchev–Trinajstić information content (AvgIpc) is 2.64. The molecule has 0 unspecified atom stereocenters. The third-order valence-corrected chi connectivity index (χ3v) is 4.90. The molecule has 2 heteroatoms. The van der Waals surface area contributed by atoms with Gasteiger partial charge in [-0.05, 0) is 42.4 Å². The molecular weight excluding hydrogens is 294 g/mol. The maximum absolute atomic E-state index is 12.5. The molecule has 2 aromatic rings. The molecule has 0 spiro atoms. The lowest BCUT2D eigenvalue weighted by molar-refractivity contribution is -0.354. The van der Waals surface area contributed by atoms with Crippen LogP contribution >= 0.6 is 0 Å². The number of nitrogens with zero attached hydrogens (tertiary/aromatic N) is 1. The van der Waals surface area contributed by atoms with E-state index in [9.17, 15) is 5.21 Å². The van der Waals surface area contributed by atoms with Crippen molar-refractivity contribution in [1.82, 2.24) is 0 Å². The summed E-state index contributed by atoms with van der Waals surface area (Å²) in [6.07, 6.45) is 10.9. The first-order chi connectivity index (χ1) is 11.8. The highest BCUT2D eigenvalue weighted by Crippen LogP contribution is 2.33. The molecule has 3 rings (SSSR count). The van der Waals surface area contributed by atoms with E-state index in [1.807, 2.05) is 42.5 Å². The van der Waals surface area contributed by atoms with Gasteiger partial charge in [-0.15, -0.1) is 6.58 Å². The van der Waals surface area contributed by atoms with Crippen molar-refractivity contribution in [2.24, 2.45) is 0 Å². The molecule has 0 heterocycles. The minimum Gasteiger partial charge on any atom is -0.618 e. The van der Waals surface area contributed by atoms with Crippen molar-refractivity contribution in [2.45, 2.75) is 44.4 Å². The number of benzene rings is 2. The molecule has 0 atom stereocenters. The molecule has 2 aromatic carbocycles. The fraction of sp³-hybridized carbons (Fsp3) is 0.318. The molecule has 0 aromatic heterocycles. The lowest BCUT2D eigenvalue weighted by atomic mass is 9.84. The van der Waals surface area contributed by atoms with Crippen LogP contribution in [0.3, 0.4) is 0 Å². The molecule has 1 aliphatic carbocycles. The van der Waals surface area contributed by atoms with E-state index in [1.165, 1.54) is 37.7 Å². The van der Waals surface area contributed by atoms with Crippen LogP contribution < -0.4 is 0 Å². The van der Waals surface area contributed by atoms with E-state index < -0.39 is 0 Å². The Morgan fingerprint density at radius 2 is 1.71 bits per heavy atom. The van der Waals surface area contributed by atoms with Gasteiger partial charge < -0.3 is 5.21 Å². The minimum absolute atomic E-state index is 0.671. The van der Waals surface area contributed by atoms with Crippen molar-refractivity contribution in [1.29, 1.82) is 0 Å². The Morgan fingerprint density at radius 1 is 1.00 bits per heavy atom. The minimum atomic E-state index is 0.671. The first-order valence-corrected chi connectivity index (χ1v) is 8.88. The zero-order valence-electron chi connectivity index (χ0n) is 14.2. The molecule has 0 amide bonds. The lowest BCUT2D eigenvalue weighted by Crippen LogP contribution is -2.05. The molecule has 0 N–H and O–H groups in total. The van der Waals surface area contributed by atoms with Crippen molar-refractivity contribution in [3.63, 3.8) is 0 Å². The van der Waals surface area contributed by atoms with Crippen molar-refractivity contribution >= 4 is 11.9 Å². The highest BCUT2D eigenvalue weighted by atomic mass is 16.5. The van der Waals surface area contributed by atoms with Crippen LogP contribution in [-0.2, 0) is 6.42 Å². The second-order valence-corrected chi connectivity index (χ2v) is 6.57. The molecule has 1 saturated carbocycles. The number of hydrogen-bond donors (Lipinski definition) is 0. The van der Waals surface area contributed by atoms with Crippen LogP contribution in [0.15, 0.2) is 61.2 Å². The Bertz CT molecular complexity index is 709. The van der Waals surface area contributed by atoms with Crippen LogP contribution in [0.4, 0.5) is 5.69 Å². The molecule has 0 saturated heterocycles. The van der Waals surface area contributed by atoms with E-state index in [0.717, 1.165) is 22.3 Å². The van der Waals surface area contributed by atoms with E-state index in [1.54, 1.807) is 6.21 Å². The van der Waals surface area contributed by atoms with Gasteiger partial charge in [0, 0.05) is 17.7 Å². The molecular formula is C22H25NO. The monoisotopic (exact) mass is 319 g/mol. The van der Waals surface area contributed by atoms with E-state index in [0.29, 0.717) is 11.6 Å². The van der Waals surface area contributed by atoms with Gasteiger partial charge in [0.15, 0.2) is 6.21 Å². The molecule has 2 nitrogen and oxygen atoms in total. The van der Waals surface area contributed by atoms with Crippen LogP contribution in [0, 0.1) is 5.21 Å². The summed E-state index contributed by atoms with van der Waals surface area (Å²) in [7, 11) is 0. The van der Waals surface area contributed by atoms with Gasteiger partial charge >= 0.3 is 0 Å². The fourth-order valence-electron chi connectivity index (χ4n) is 3.53. The first-order valence-electron chi connectivity index (χ1n) is 8.88. The van der Waals surface area contributed by atoms with Gasteiger partial charge in [-0.2, -0.15) is 4.74 Å². The first kappa shape index (κ1) is 16.5. The molecule has 0 radical (unpaired) electrons. The largest absolute Gasteiger partial charge is 0.618 e. The Labute approximate surface area is 144 Å².